The van der Waals surface area contributed by atoms with E-state index >= 15 is 0 Å². The summed E-state index contributed by atoms with van der Waals surface area (Å²) in [5, 5.41) is 11.6. The van der Waals surface area contributed by atoms with Crippen LogP contribution in [0.5, 0.6) is 0 Å². The molecule has 1 aromatic rings. The Bertz CT molecular complexity index is 478. The summed E-state index contributed by atoms with van der Waals surface area (Å²) in [5.41, 5.74) is 1.39. The van der Waals surface area contributed by atoms with E-state index in [9.17, 15) is 4.79 Å². The Hall–Kier alpha value is -1.86. The number of benzene rings is 1. The average molecular weight is 258 g/mol. The van der Waals surface area contributed by atoms with Gasteiger partial charge in [-0.1, -0.05) is 12.1 Å². The summed E-state index contributed by atoms with van der Waals surface area (Å²) in [5.74, 6) is 0.0194. The Morgan fingerprint density at radius 1 is 1.42 bits per heavy atom. The number of nitrogens with one attached hydrogen (secondary N) is 1. The van der Waals surface area contributed by atoms with Gasteiger partial charge in [-0.15, -0.1) is 0 Å². The molecule has 1 aliphatic carbocycles. The molecule has 0 atom stereocenters. The van der Waals surface area contributed by atoms with Crippen molar-refractivity contribution < 1.29 is 9.53 Å². The minimum absolute atomic E-state index is 0.0194. The lowest BCUT2D eigenvalue weighted by atomic mass is 9.77. The minimum atomic E-state index is -0.227. The number of carbonyl (C=O) groups excluding carboxylic acids is 1. The number of hydrogen-bond donors (Lipinski definition) is 1. The van der Waals surface area contributed by atoms with Gasteiger partial charge in [0.25, 0.3) is 0 Å². The number of hydrogen-bond acceptors (Lipinski definition) is 3. The quantitative estimate of drug-likeness (QED) is 0.880. The number of methoxy groups -OCH3 is 1. The average Bonchev–Trinajstić information content (AvgIpc) is 2.41. The van der Waals surface area contributed by atoms with E-state index < -0.39 is 0 Å². The molecule has 0 heterocycles. The third kappa shape index (κ3) is 3.33. The van der Waals surface area contributed by atoms with Crippen LogP contribution in [0.2, 0.25) is 0 Å². The van der Waals surface area contributed by atoms with Crippen LogP contribution in [0.15, 0.2) is 24.3 Å². The highest BCUT2D eigenvalue weighted by atomic mass is 16.5. The Morgan fingerprint density at radius 2 is 2.11 bits per heavy atom. The van der Waals surface area contributed by atoms with Crippen LogP contribution in [0.3, 0.4) is 0 Å². The lowest BCUT2D eigenvalue weighted by Gasteiger charge is -2.39. The van der Waals surface area contributed by atoms with Gasteiger partial charge in [-0.05, 0) is 37.0 Å². The maximum Gasteiger partial charge on any atom is 0.223 e. The van der Waals surface area contributed by atoms with E-state index in [0.717, 1.165) is 24.8 Å². The van der Waals surface area contributed by atoms with Gasteiger partial charge in [0.15, 0.2) is 0 Å². The van der Waals surface area contributed by atoms with E-state index in [1.165, 1.54) is 0 Å². The Morgan fingerprint density at radius 3 is 2.58 bits per heavy atom. The fraction of sp³-hybridized carbons (Fsp3) is 0.467. The zero-order valence-corrected chi connectivity index (χ0v) is 11.1. The van der Waals surface area contributed by atoms with Crippen molar-refractivity contribution >= 4 is 5.91 Å². The van der Waals surface area contributed by atoms with Gasteiger partial charge in [-0.25, -0.2) is 0 Å². The molecule has 0 saturated heterocycles. The lowest BCUT2D eigenvalue weighted by Crippen LogP contribution is -2.43. The minimum Gasteiger partial charge on any atom is -0.378 e. The molecule has 1 aromatic carbocycles. The lowest BCUT2D eigenvalue weighted by molar-refractivity contribution is -0.134. The molecule has 19 heavy (non-hydrogen) atoms. The molecule has 100 valence electrons. The highest BCUT2D eigenvalue weighted by molar-refractivity contribution is 5.77. The van der Waals surface area contributed by atoms with Gasteiger partial charge in [0.05, 0.1) is 23.7 Å². The monoisotopic (exact) mass is 258 g/mol. The first-order chi connectivity index (χ1) is 9.17. The van der Waals surface area contributed by atoms with Gasteiger partial charge >= 0.3 is 0 Å². The molecular weight excluding hydrogens is 240 g/mol. The normalized spacial score (nSPS) is 16.2. The first-order valence-corrected chi connectivity index (χ1v) is 6.48. The maximum absolute atomic E-state index is 11.9. The standard InChI is InChI=1S/C15H18N2O2/c1-19-15(7-2-8-15)9-14(18)17-11-13-5-3-12(10-16)4-6-13/h3-6H,2,7-9,11H2,1H3,(H,17,18). The van der Waals surface area contributed by atoms with E-state index in [1.807, 2.05) is 12.1 Å². The van der Waals surface area contributed by atoms with Gasteiger partial charge < -0.3 is 10.1 Å². The van der Waals surface area contributed by atoms with Gasteiger partial charge in [0.1, 0.15) is 0 Å². The number of nitriles is 1. The van der Waals surface area contributed by atoms with Crippen LogP contribution >= 0.6 is 0 Å². The number of amides is 1. The van der Waals surface area contributed by atoms with E-state index in [0.29, 0.717) is 18.5 Å². The van der Waals surface area contributed by atoms with Crippen molar-refractivity contribution in [3.05, 3.63) is 35.4 Å². The second kappa shape index (κ2) is 5.85. The Balaban J connectivity index is 1.81. The van der Waals surface area contributed by atoms with Crippen molar-refractivity contribution in [2.24, 2.45) is 0 Å². The molecule has 1 N–H and O–H groups in total. The molecule has 1 amide bonds. The summed E-state index contributed by atoms with van der Waals surface area (Å²) in [7, 11) is 1.67. The van der Waals surface area contributed by atoms with Crippen molar-refractivity contribution in [1.29, 1.82) is 5.26 Å². The molecule has 0 radical (unpaired) electrons. The summed E-state index contributed by atoms with van der Waals surface area (Å²) in [6.45, 7) is 0.490. The third-order valence-corrected chi connectivity index (χ3v) is 3.75. The summed E-state index contributed by atoms with van der Waals surface area (Å²) < 4.78 is 5.43. The molecule has 0 bridgehead atoms. The number of nitrogens with zero attached hydrogens (tertiary/aromatic N) is 1. The van der Waals surface area contributed by atoms with Crippen molar-refractivity contribution in [3.63, 3.8) is 0 Å². The van der Waals surface area contributed by atoms with Crippen LogP contribution in [0.25, 0.3) is 0 Å². The third-order valence-electron chi connectivity index (χ3n) is 3.75. The number of rotatable bonds is 5. The summed E-state index contributed by atoms with van der Waals surface area (Å²) >= 11 is 0. The van der Waals surface area contributed by atoms with Crippen LogP contribution < -0.4 is 5.32 Å². The molecule has 4 nitrogen and oxygen atoms in total. The van der Waals surface area contributed by atoms with Crippen molar-refractivity contribution in [2.75, 3.05) is 7.11 Å². The molecule has 2 rings (SSSR count). The van der Waals surface area contributed by atoms with Gasteiger partial charge in [0, 0.05) is 13.7 Å². The van der Waals surface area contributed by atoms with Crippen LogP contribution in [0, 0.1) is 11.3 Å². The molecule has 1 saturated carbocycles. The number of carbonyl (C=O) groups is 1. The van der Waals surface area contributed by atoms with E-state index in [1.54, 1.807) is 19.2 Å². The predicted molar refractivity (Wildman–Crippen MR) is 71.2 cm³/mol. The fourth-order valence-corrected chi connectivity index (χ4v) is 2.28. The van der Waals surface area contributed by atoms with Crippen molar-refractivity contribution in [1.82, 2.24) is 5.32 Å². The zero-order chi connectivity index (χ0) is 13.7. The molecule has 0 aliphatic heterocycles. The Labute approximate surface area is 113 Å². The maximum atomic E-state index is 11.9. The smallest absolute Gasteiger partial charge is 0.223 e. The fourth-order valence-electron chi connectivity index (χ4n) is 2.28. The second-order valence-corrected chi connectivity index (χ2v) is 5.00. The molecule has 0 spiro atoms. The zero-order valence-electron chi connectivity index (χ0n) is 11.1. The topological polar surface area (TPSA) is 62.1 Å². The summed E-state index contributed by atoms with van der Waals surface area (Å²) in [6.07, 6.45) is 3.50. The first kappa shape index (κ1) is 13.6. The Kier molecular flexibility index (Phi) is 4.18. The van der Waals surface area contributed by atoms with Crippen LogP contribution in [0.4, 0.5) is 0 Å². The molecule has 0 aromatic heterocycles. The second-order valence-electron chi connectivity index (χ2n) is 5.00. The molecule has 0 unspecified atom stereocenters. The molecule has 4 heteroatoms. The number of ether oxygens (including phenoxy) is 1. The SMILES string of the molecule is COC1(CC(=O)NCc2ccc(C#N)cc2)CCC1. The molecule has 1 aliphatic rings. The summed E-state index contributed by atoms with van der Waals surface area (Å²) in [6, 6.07) is 9.29. The van der Waals surface area contributed by atoms with E-state index in [2.05, 4.69) is 11.4 Å². The van der Waals surface area contributed by atoms with Crippen molar-refractivity contribution in [2.45, 2.75) is 37.8 Å². The van der Waals surface area contributed by atoms with Crippen LogP contribution in [-0.2, 0) is 16.1 Å². The van der Waals surface area contributed by atoms with Crippen LogP contribution in [0.1, 0.15) is 36.8 Å². The highest BCUT2D eigenvalue weighted by Crippen LogP contribution is 2.37. The molecule has 1 fully saturated rings. The van der Waals surface area contributed by atoms with Crippen LogP contribution in [-0.4, -0.2) is 18.6 Å². The molecular formula is C15H18N2O2. The van der Waals surface area contributed by atoms with Gasteiger partial charge in [-0.3, -0.25) is 4.79 Å². The van der Waals surface area contributed by atoms with Crippen molar-refractivity contribution in [3.8, 4) is 6.07 Å². The highest BCUT2D eigenvalue weighted by Gasteiger charge is 2.38. The van der Waals surface area contributed by atoms with Gasteiger partial charge in [-0.2, -0.15) is 5.26 Å². The van der Waals surface area contributed by atoms with E-state index in [-0.39, 0.29) is 11.5 Å². The largest absolute Gasteiger partial charge is 0.378 e. The van der Waals surface area contributed by atoms with Gasteiger partial charge in [0.2, 0.25) is 5.91 Å². The van der Waals surface area contributed by atoms with E-state index in [4.69, 9.17) is 10.00 Å². The predicted octanol–water partition coefficient (Wildman–Crippen LogP) is 2.13. The first-order valence-electron chi connectivity index (χ1n) is 6.48. The summed E-state index contributed by atoms with van der Waals surface area (Å²) in [4.78, 5) is 11.9.